The maximum atomic E-state index is 12.5. The second-order valence-electron chi connectivity index (χ2n) is 5.68. The number of ether oxygens (including phenoxy) is 1. The van der Waals surface area contributed by atoms with Gasteiger partial charge in [0.05, 0.1) is 4.90 Å². The lowest BCUT2D eigenvalue weighted by atomic mass is 10.1. The normalized spacial score (nSPS) is 17.5. The highest BCUT2D eigenvalue weighted by atomic mass is 32.2. The van der Waals surface area contributed by atoms with Gasteiger partial charge in [-0.15, -0.1) is 11.3 Å². The van der Waals surface area contributed by atoms with E-state index in [0.717, 1.165) is 22.6 Å². The highest BCUT2D eigenvalue weighted by molar-refractivity contribution is 7.89. The first kappa shape index (κ1) is 16.9. The molecule has 1 aromatic heterocycles. The summed E-state index contributed by atoms with van der Waals surface area (Å²) in [7, 11) is -3.43. The van der Waals surface area contributed by atoms with E-state index in [9.17, 15) is 8.42 Å². The molecule has 0 atom stereocenters. The summed E-state index contributed by atoms with van der Waals surface area (Å²) in [5, 5.41) is 3.31. The maximum Gasteiger partial charge on any atom is 0.241 e. The Kier molecular flexibility index (Phi) is 5.79. The Hall–Kier alpha value is -0.470. The van der Waals surface area contributed by atoms with Gasteiger partial charge in [-0.1, -0.05) is 13.8 Å². The van der Waals surface area contributed by atoms with Crippen LogP contribution in [-0.2, 0) is 21.3 Å². The number of hydrogen-bond acceptors (Lipinski definition) is 5. The van der Waals surface area contributed by atoms with Crippen molar-refractivity contribution in [1.29, 1.82) is 0 Å². The fraction of sp³-hybridized carbons (Fsp3) is 0.714. The van der Waals surface area contributed by atoms with Crippen molar-refractivity contribution in [2.45, 2.75) is 57.1 Å². The smallest absolute Gasteiger partial charge is 0.241 e. The number of thiophene rings is 1. The van der Waals surface area contributed by atoms with Crippen LogP contribution >= 0.6 is 11.3 Å². The molecule has 1 saturated heterocycles. The molecule has 0 radical (unpaired) electrons. The van der Waals surface area contributed by atoms with E-state index in [1.54, 1.807) is 6.07 Å². The molecule has 0 aromatic carbocycles. The Morgan fingerprint density at radius 2 is 2.05 bits per heavy atom. The second-order valence-corrected chi connectivity index (χ2v) is 8.70. The molecule has 7 heteroatoms. The zero-order valence-corrected chi connectivity index (χ0v) is 14.4. The third kappa shape index (κ3) is 4.75. The largest absolute Gasteiger partial charge is 0.381 e. The van der Waals surface area contributed by atoms with E-state index in [1.165, 1.54) is 11.3 Å². The quantitative estimate of drug-likeness (QED) is 0.836. The van der Waals surface area contributed by atoms with E-state index in [0.29, 0.717) is 30.7 Å². The van der Waals surface area contributed by atoms with E-state index in [4.69, 9.17) is 4.74 Å². The van der Waals surface area contributed by atoms with Gasteiger partial charge in [-0.25, -0.2) is 13.1 Å². The van der Waals surface area contributed by atoms with Gasteiger partial charge in [-0.2, -0.15) is 0 Å². The molecule has 0 spiro atoms. The topological polar surface area (TPSA) is 67.4 Å². The van der Waals surface area contributed by atoms with Gasteiger partial charge < -0.3 is 10.1 Å². The Morgan fingerprint density at radius 1 is 1.38 bits per heavy atom. The van der Waals surface area contributed by atoms with E-state index in [1.807, 2.05) is 6.92 Å². The summed E-state index contributed by atoms with van der Waals surface area (Å²) >= 11 is 1.54. The van der Waals surface area contributed by atoms with Gasteiger partial charge in [-0.3, -0.25) is 0 Å². The Morgan fingerprint density at radius 3 is 2.67 bits per heavy atom. The van der Waals surface area contributed by atoms with Crippen LogP contribution in [0.25, 0.3) is 0 Å². The van der Waals surface area contributed by atoms with Gasteiger partial charge >= 0.3 is 0 Å². The van der Waals surface area contributed by atoms with E-state index >= 15 is 0 Å². The van der Waals surface area contributed by atoms with Crippen molar-refractivity contribution in [2.24, 2.45) is 0 Å². The van der Waals surface area contributed by atoms with Gasteiger partial charge in [0.1, 0.15) is 0 Å². The monoisotopic (exact) mass is 332 g/mol. The predicted octanol–water partition coefficient (Wildman–Crippen LogP) is 2.01. The van der Waals surface area contributed by atoms with Gasteiger partial charge in [0.25, 0.3) is 0 Å². The van der Waals surface area contributed by atoms with Crippen LogP contribution in [0.2, 0.25) is 0 Å². The van der Waals surface area contributed by atoms with E-state index in [-0.39, 0.29) is 6.04 Å². The lowest BCUT2D eigenvalue weighted by molar-refractivity contribution is 0.0832. The molecule has 2 N–H and O–H groups in total. The lowest BCUT2D eigenvalue weighted by Crippen LogP contribution is -2.38. The molecule has 2 rings (SSSR count). The molecule has 2 heterocycles. The third-order valence-electron chi connectivity index (χ3n) is 3.44. The van der Waals surface area contributed by atoms with Crippen LogP contribution in [0.1, 0.15) is 36.4 Å². The van der Waals surface area contributed by atoms with Crippen molar-refractivity contribution in [1.82, 2.24) is 10.0 Å². The van der Waals surface area contributed by atoms with Crippen LogP contribution in [0.4, 0.5) is 0 Å². The molecule has 0 aliphatic carbocycles. The third-order valence-corrected chi connectivity index (χ3v) is 6.27. The fourth-order valence-electron chi connectivity index (χ4n) is 2.28. The van der Waals surface area contributed by atoms with Gasteiger partial charge in [-0.05, 0) is 25.8 Å². The first-order valence-corrected chi connectivity index (χ1v) is 9.61. The van der Waals surface area contributed by atoms with E-state index in [2.05, 4.69) is 23.9 Å². The highest BCUT2D eigenvalue weighted by Crippen LogP contribution is 2.26. The van der Waals surface area contributed by atoms with Crippen LogP contribution < -0.4 is 10.0 Å². The average molecular weight is 332 g/mol. The molecule has 1 fully saturated rings. The number of aryl methyl sites for hydroxylation is 1. The zero-order valence-electron chi connectivity index (χ0n) is 12.8. The molecule has 0 bridgehead atoms. The molecule has 1 aliphatic rings. The molecule has 1 aromatic rings. The number of nitrogens with one attached hydrogen (secondary N) is 2. The van der Waals surface area contributed by atoms with Crippen LogP contribution in [-0.4, -0.2) is 33.7 Å². The molecule has 120 valence electrons. The summed E-state index contributed by atoms with van der Waals surface area (Å²) in [6.45, 7) is 7.96. The van der Waals surface area contributed by atoms with Crippen molar-refractivity contribution in [3.63, 3.8) is 0 Å². The Bertz CT molecular complexity index is 561. The minimum Gasteiger partial charge on any atom is -0.381 e. The van der Waals surface area contributed by atoms with Crippen LogP contribution in [0.5, 0.6) is 0 Å². The summed E-state index contributed by atoms with van der Waals surface area (Å²) in [4.78, 5) is 2.31. The minimum atomic E-state index is -3.43. The van der Waals surface area contributed by atoms with E-state index < -0.39 is 10.0 Å². The Labute approximate surface area is 131 Å². The summed E-state index contributed by atoms with van der Waals surface area (Å²) in [5.74, 6) is 0. The molecule has 5 nitrogen and oxygen atoms in total. The molecule has 21 heavy (non-hydrogen) atoms. The lowest BCUT2D eigenvalue weighted by Gasteiger charge is -2.22. The molecule has 0 amide bonds. The number of rotatable bonds is 6. The molecule has 0 saturated carbocycles. The van der Waals surface area contributed by atoms with Gasteiger partial charge in [0.2, 0.25) is 10.0 Å². The second kappa shape index (κ2) is 7.19. The first-order valence-electron chi connectivity index (χ1n) is 7.31. The van der Waals surface area contributed by atoms with Crippen molar-refractivity contribution in [3.8, 4) is 0 Å². The molecule has 0 unspecified atom stereocenters. The van der Waals surface area contributed by atoms with Crippen LogP contribution in [0.15, 0.2) is 11.0 Å². The summed E-state index contributed by atoms with van der Waals surface area (Å²) in [6.07, 6.45) is 1.48. The summed E-state index contributed by atoms with van der Waals surface area (Å²) in [6, 6.07) is 2.16. The van der Waals surface area contributed by atoms with Crippen molar-refractivity contribution < 1.29 is 13.2 Å². The van der Waals surface area contributed by atoms with Crippen molar-refractivity contribution in [2.75, 3.05) is 13.2 Å². The standard InChI is InChI=1S/C14H24N2O3S2/c1-10(2)15-9-13-8-14(11(3)20-13)21(17,18)16-12-4-6-19-7-5-12/h8,10,12,15-16H,4-7,9H2,1-3H3. The Balaban J connectivity index is 2.08. The SMILES string of the molecule is Cc1sc(CNC(C)C)cc1S(=O)(=O)NC1CCOCC1. The average Bonchev–Trinajstić information content (AvgIpc) is 2.79. The number of sulfonamides is 1. The van der Waals surface area contributed by atoms with Crippen LogP contribution in [0.3, 0.4) is 0 Å². The van der Waals surface area contributed by atoms with Crippen molar-refractivity contribution in [3.05, 3.63) is 15.8 Å². The minimum absolute atomic E-state index is 0.0136. The maximum absolute atomic E-state index is 12.5. The van der Waals surface area contributed by atoms with Crippen LogP contribution in [0, 0.1) is 6.92 Å². The number of hydrogen-bond donors (Lipinski definition) is 2. The molecular formula is C14H24N2O3S2. The molecule has 1 aliphatic heterocycles. The van der Waals surface area contributed by atoms with Gasteiger partial charge in [0.15, 0.2) is 0 Å². The first-order chi connectivity index (χ1) is 9.88. The van der Waals surface area contributed by atoms with Gasteiger partial charge in [0, 0.05) is 41.6 Å². The highest BCUT2D eigenvalue weighted by Gasteiger charge is 2.25. The zero-order chi connectivity index (χ0) is 15.5. The van der Waals surface area contributed by atoms with Crippen molar-refractivity contribution >= 4 is 21.4 Å². The summed E-state index contributed by atoms with van der Waals surface area (Å²) < 4.78 is 33.1. The predicted molar refractivity (Wildman–Crippen MR) is 85.2 cm³/mol. The summed E-state index contributed by atoms with van der Waals surface area (Å²) in [5.41, 5.74) is 0. The molecular weight excluding hydrogens is 308 g/mol. The fourth-order valence-corrected chi connectivity index (χ4v) is 5.17.